The molecule has 0 saturated carbocycles. The second-order valence-electron chi connectivity index (χ2n) is 3.69. The second-order valence-corrected chi connectivity index (χ2v) is 3.69. The van der Waals surface area contributed by atoms with Gasteiger partial charge in [0, 0.05) is 23.4 Å². The number of amides is 1. The van der Waals surface area contributed by atoms with Gasteiger partial charge in [0.1, 0.15) is 0 Å². The number of ether oxygens (including phenoxy) is 2. The maximum atomic E-state index is 11.5. The van der Waals surface area contributed by atoms with Crippen LogP contribution < -0.4 is 14.8 Å². The van der Waals surface area contributed by atoms with E-state index in [1.54, 1.807) is 18.2 Å². The van der Waals surface area contributed by atoms with E-state index in [-0.39, 0.29) is 12.4 Å². The van der Waals surface area contributed by atoms with Crippen LogP contribution in [0.1, 0.15) is 6.92 Å². The molecule has 6 heteroatoms. The molecule has 0 aromatic heterocycles. The zero-order valence-corrected chi connectivity index (χ0v) is 9.60. The first kappa shape index (κ1) is 12.0. The molecule has 1 amide bonds. The first-order valence-corrected chi connectivity index (χ1v) is 5.18. The van der Waals surface area contributed by atoms with E-state index in [0.29, 0.717) is 17.2 Å². The van der Waals surface area contributed by atoms with Crippen LogP contribution in [-0.2, 0) is 9.59 Å². The number of carbonyl (C=O) groups excluding carboxylic acids is 1. The van der Waals surface area contributed by atoms with Gasteiger partial charge in [-0.2, -0.15) is 0 Å². The third kappa shape index (κ3) is 2.60. The third-order valence-corrected chi connectivity index (χ3v) is 2.33. The molecule has 1 aliphatic heterocycles. The number of aliphatic carboxylic acids is 1. The molecule has 1 aromatic carbocycles. The van der Waals surface area contributed by atoms with Gasteiger partial charge in [-0.25, -0.2) is 4.79 Å². The molecule has 1 heterocycles. The Bertz CT molecular complexity index is 535. The van der Waals surface area contributed by atoms with Crippen LogP contribution in [-0.4, -0.2) is 23.8 Å². The Hall–Kier alpha value is -2.50. The van der Waals surface area contributed by atoms with Crippen LogP contribution in [0.5, 0.6) is 11.5 Å². The molecule has 0 atom stereocenters. The maximum absolute atomic E-state index is 11.5. The number of nitrogens with one attached hydrogen (secondary N) is 1. The predicted molar refractivity (Wildman–Crippen MR) is 62.6 cm³/mol. The fraction of sp³-hybridized carbons (Fsp3) is 0.167. The highest BCUT2D eigenvalue weighted by Crippen LogP contribution is 2.34. The Morgan fingerprint density at radius 3 is 2.78 bits per heavy atom. The SMILES string of the molecule is C/C(=C\C(=O)Nc1ccc2c(c1)OCO2)C(=O)O. The first-order valence-electron chi connectivity index (χ1n) is 5.18. The van der Waals surface area contributed by atoms with Crippen LogP contribution in [0, 0.1) is 0 Å². The molecule has 2 rings (SSSR count). The molecule has 0 fully saturated rings. The van der Waals surface area contributed by atoms with Gasteiger partial charge in [-0.05, 0) is 19.1 Å². The molecule has 0 bridgehead atoms. The van der Waals surface area contributed by atoms with Crippen molar-refractivity contribution in [2.24, 2.45) is 0 Å². The molecular weight excluding hydrogens is 238 g/mol. The fourth-order valence-electron chi connectivity index (χ4n) is 1.41. The molecule has 0 unspecified atom stereocenters. The third-order valence-electron chi connectivity index (χ3n) is 2.33. The van der Waals surface area contributed by atoms with Crippen molar-refractivity contribution in [3.05, 3.63) is 29.8 Å². The van der Waals surface area contributed by atoms with Crippen molar-refractivity contribution in [2.45, 2.75) is 6.92 Å². The van der Waals surface area contributed by atoms with Crippen molar-refractivity contribution in [1.29, 1.82) is 0 Å². The molecule has 0 saturated heterocycles. The van der Waals surface area contributed by atoms with Crippen molar-refractivity contribution >= 4 is 17.6 Å². The Labute approximate surface area is 103 Å². The van der Waals surface area contributed by atoms with E-state index in [2.05, 4.69) is 5.32 Å². The summed E-state index contributed by atoms with van der Waals surface area (Å²) in [4.78, 5) is 22.1. The number of fused-ring (bicyclic) bond motifs is 1. The Kier molecular flexibility index (Phi) is 3.18. The number of anilines is 1. The van der Waals surface area contributed by atoms with Crippen molar-refractivity contribution in [2.75, 3.05) is 12.1 Å². The van der Waals surface area contributed by atoms with Crippen molar-refractivity contribution in [3.63, 3.8) is 0 Å². The average molecular weight is 249 g/mol. The Morgan fingerprint density at radius 2 is 2.06 bits per heavy atom. The maximum Gasteiger partial charge on any atom is 0.331 e. The van der Waals surface area contributed by atoms with E-state index >= 15 is 0 Å². The highest BCUT2D eigenvalue weighted by molar-refractivity contribution is 6.04. The van der Waals surface area contributed by atoms with E-state index < -0.39 is 11.9 Å². The van der Waals surface area contributed by atoms with Crippen LogP contribution in [0.25, 0.3) is 0 Å². The lowest BCUT2D eigenvalue weighted by atomic mass is 10.2. The van der Waals surface area contributed by atoms with Gasteiger partial charge in [-0.3, -0.25) is 4.79 Å². The van der Waals surface area contributed by atoms with Gasteiger partial charge in [0.2, 0.25) is 12.7 Å². The normalized spacial score (nSPS) is 13.3. The first-order chi connectivity index (χ1) is 8.56. The Morgan fingerprint density at radius 1 is 1.33 bits per heavy atom. The lowest BCUT2D eigenvalue weighted by Crippen LogP contribution is -2.10. The van der Waals surface area contributed by atoms with Gasteiger partial charge in [0.05, 0.1) is 0 Å². The molecule has 0 spiro atoms. The molecule has 94 valence electrons. The van der Waals surface area contributed by atoms with Crippen molar-refractivity contribution < 1.29 is 24.2 Å². The number of carbonyl (C=O) groups is 2. The van der Waals surface area contributed by atoms with E-state index in [9.17, 15) is 9.59 Å². The molecule has 18 heavy (non-hydrogen) atoms. The van der Waals surface area contributed by atoms with Gasteiger partial charge < -0.3 is 19.9 Å². The molecule has 1 aliphatic rings. The van der Waals surface area contributed by atoms with E-state index in [1.165, 1.54) is 6.92 Å². The summed E-state index contributed by atoms with van der Waals surface area (Å²) in [5, 5.41) is 11.2. The molecule has 2 N–H and O–H groups in total. The van der Waals surface area contributed by atoms with Gasteiger partial charge in [-0.1, -0.05) is 0 Å². The van der Waals surface area contributed by atoms with Crippen molar-refractivity contribution in [3.8, 4) is 11.5 Å². The summed E-state index contributed by atoms with van der Waals surface area (Å²) in [6.07, 6.45) is 1.02. The van der Waals surface area contributed by atoms with Gasteiger partial charge in [0.25, 0.3) is 0 Å². The largest absolute Gasteiger partial charge is 0.478 e. The molecule has 1 aromatic rings. The van der Waals surface area contributed by atoms with E-state index in [1.807, 2.05) is 0 Å². The highest BCUT2D eigenvalue weighted by Gasteiger charge is 2.13. The van der Waals surface area contributed by atoms with Gasteiger partial charge >= 0.3 is 5.97 Å². The zero-order valence-electron chi connectivity index (χ0n) is 9.60. The fourth-order valence-corrected chi connectivity index (χ4v) is 1.41. The quantitative estimate of drug-likeness (QED) is 0.790. The van der Waals surface area contributed by atoms with Gasteiger partial charge in [0.15, 0.2) is 11.5 Å². The topological polar surface area (TPSA) is 84.9 Å². The van der Waals surface area contributed by atoms with Crippen LogP contribution in [0.3, 0.4) is 0 Å². The lowest BCUT2D eigenvalue weighted by Gasteiger charge is -2.03. The number of hydrogen-bond acceptors (Lipinski definition) is 4. The summed E-state index contributed by atoms with van der Waals surface area (Å²) < 4.78 is 10.3. The number of carboxylic acid groups (broad SMARTS) is 1. The lowest BCUT2D eigenvalue weighted by molar-refractivity contribution is -0.132. The second kappa shape index (κ2) is 4.79. The summed E-state index contributed by atoms with van der Waals surface area (Å²) in [7, 11) is 0. The summed E-state index contributed by atoms with van der Waals surface area (Å²) in [5.74, 6) is -0.471. The van der Waals surface area contributed by atoms with Crippen LogP contribution in [0.2, 0.25) is 0 Å². The standard InChI is InChI=1S/C12H11NO5/c1-7(12(15)16)4-11(14)13-8-2-3-9-10(5-8)18-6-17-9/h2-5H,6H2,1H3,(H,13,14)(H,15,16)/b7-4+. The predicted octanol–water partition coefficient (Wildman–Crippen LogP) is 1.38. The summed E-state index contributed by atoms with van der Waals surface area (Å²) >= 11 is 0. The summed E-state index contributed by atoms with van der Waals surface area (Å²) in [5.41, 5.74) is 0.479. The van der Waals surface area contributed by atoms with Crippen molar-refractivity contribution in [1.82, 2.24) is 0 Å². The Balaban J connectivity index is 2.08. The number of carboxylic acids is 1. The van der Waals surface area contributed by atoms with E-state index in [0.717, 1.165) is 6.08 Å². The van der Waals surface area contributed by atoms with Crippen LogP contribution >= 0.6 is 0 Å². The monoisotopic (exact) mass is 249 g/mol. The molecule has 0 aliphatic carbocycles. The minimum absolute atomic E-state index is 0.0340. The molecular formula is C12H11NO5. The highest BCUT2D eigenvalue weighted by atomic mass is 16.7. The van der Waals surface area contributed by atoms with E-state index in [4.69, 9.17) is 14.6 Å². The summed E-state index contributed by atoms with van der Waals surface area (Å²) in [6.45, 7) is 1.51. The number of benzene rings is 1. The molecule has 6 nitrogen and oxygen atoms in total. The minimum atomic E-state index is -1.13. The van der Waals surface area contributed by atoms with Crippen LogP contribution in [0.4, 0.5) is 5.69 Å². The van der Waals surface area contributed by atoms with Crippen LogP contribution in [0.15, 0.2) is 29.8 Å². The smallest absolute Gasteiger partial charge is 0.331 e. The van der Waals surface area contributed by atoms with Gasteiger partial charge in [-0.15, -0.1) is 0 Å². The molecule has 0 radical (unpaired) electrons. The minimum Gasteiger partial charge on any atom is -0.478 e. The zero-order chi connectivity index (χ0) is 13.1. The number of rotatable bonds is 3. The summed E-state index contributed by atoms with van der Waals surface area (Å²) in [6, 6.07) is 4.94. The number of hydrogen-bond donors (Lipinski definition) is 2. The average Bonchev–Trinajstić information content (AvgIpc) is 2.75.